The number of aliphatic imine (C=N–C) groups is 1. The van der Waals surface area contributed by atoms with Crippen LogP contribution < -0.4 is 5.73 Å². The average molecular weight is 269 g/mol. The first-order valence-electron chi connectivity index (χ1n) is 4.91. The molecular weight excluding hydrogens is 260 g/mol. The smallest absolute Gasteiger partial charge is 0.331 e. The summed E-state index contributed by atoms with van der Waals surface area (Å²) in [6.07, 6.45) is 2.12. The second-order valence-electron chi connectivity index (χ2n) is 3.37. The number of thiazole rings is 1. The molecule has 4 nitrogen and oxygen atoms in total. The molecule has 0 aliphatic carbocycles. The van der Waals surface area contributed by atoms with Gasteiger partial charge in [0, 0.05) is 18.0 Å². The Morgan fingerprint density at radius 3 is 2.94 bits per heavy atom. The highest BCUT2D eigenvalue weighted by Gasteiger charge is 2.08. The van der Waals surface area contributed by atoms with E-state index in [9.17, 15) is 13.9 Å². The number of rotatable bonds is 3. The maximum Gasteiger partial charge on any atom is 0.331 e. The summed E-state index contributed by atoms with van der Waals surface area (Å²) in [4.78, 5) is 7.01. The molecule has 0 bridgehead atoms. The number of alkyl halides is 2. The monoisotopic (exact) mass is 269 g/mol. The fourth-order valence-electron chi connectivity index (χ4n) is 1.47. The van der Waals surface area contributed by atoms with Crippen molar-refractivity contribution in [3.63, 3.8) is 0 Å². The van der Waals surface area contributed by atoms with Crippen molar-refractivity contribution in [1.29, 1.82) is 0 Å². The number of fused-ring (bicyclic) bond motifs is 1. The van der Waals surface area contributed by atoms with E-state index in [4.69, 9.17) is 5.73 Å². The highest BCUT2D eigenvalue weighted by atomic mass is 32.1. The predicted octanol–water partition coefficient (Wildman–Crippen LogP) is 2.59. The van der Waals surface area contributed by atoms with Gasteiger partial charge in [0.05, 0.1) is 15.7 Å². The maximum atomic E-state index is 12.0. The van der Waals surface area contributed by atoms with E-state index < -0.39 is 6.55 Å². The number of nitrogens with zero attached hydrogens (tertiary/aromatic N) is 2. The molecule has 1 aromatic carbocycles. The Bertz CT molecular complexity index is 622. The van der Waals surface area contributed by atoms with Crippen LogP contribution in [0.4, 0.5) is 8.78 Å². The normalized spacial score (nSPS) is 12.9. The number of aromatic hydroxyl groups is 1. The lowest BCUT2D eigenvalue weighted by Gasteiger charge is -2.03. The summed E-state index contributed by atoms with van der Waals surface area (Å²) in [7, 11) is 0. The maximum absolute atomic E-state index is 12.0. The molecule has 94 valence electrons. The van der Waals surface area contributed by atoms with Crippen molar-refractivity contribution in [2.24, 2.45) is 10.7 Å². The number of nitrogens with two attached hydrogens (primary N) is 1. The Hall–Kier alpha value is -2.02. The highest BCUT2D eigenvalue weighted by molar-refractivity contribution is 7.17. The molecule has 0 amide bonds. The molecule has 2 aromatic rings. The molecule has 7 heteroatoms. The van der Waals surface area contributed by atoms with Crippen molar-refractivity contribution in [3.05, 3.63) is 29.4 Å². The zero-order valence-corrected chi connectivity index (χ0v) is 9.86. The number of hydrogen-bond donors (Lipinski definition) is 2. The van der Waals surface area contributed by atoms with E-state index in [1.165, 1.54) is 17.4 Å². The first-order valence-corrected chi connectivity index (χ1v) is 5.79. The van der Waals surface area contributed by atoms with Gasteiger partial charge in [-0.2, -0.15) is 8.78 Å². The number of benzene rings is 1. The minimum atomic E-state index is -2.79. The van der Waals surface area contributed by atoms with Crippen molar-refractivity contribution < 1.29 is 13.9 Å². The number of halogens is 2. The van der Waals surface area contributed by atoms with E-state index in [0.717, 1.165) is 12.4 Å². The Kier molecular flexibility index (Phi) is 3.52. The van der Waals surface area contributed by atoms with Gasteiger partial charge in [0.2, 0.25) is 0 Å². The standard InChI is InChI=1S/C11H9F2N3OS/c12-11(13)15-4-7(3-14)6-1-8-10(9(17)2-6)18-5-16-8/h1-5,11,17H,14H2/b7-3+,15-4+. The zero-order valence-electron chi connectivity index (χ0n) is 9.05. The summed E-state index contributed by atoms with van der Waals surface area (Å²) in [6.45, 7) is -2.79. The molecule has 2 rings (SSSR count). The van der Waals surface area contributed by atoms with Gasteiger partial charge in [0.25, 0.3) is 0 Å². The Morgan fingerprint density at radius 2 is 2.28 bits per heavy atom. The van der Waals surface area contributed by atoms with E-state index in [-0.39, 0.29) is 5.75 Å². The predicted molar refractivity (Wildman–Crippen MR) is 67.9 cm³/mol. The quantitative estimate of drug-likeness (QED) is 0.664. The summed E-state index contributed by atoms with van der Waals surface area (Å²) in [5, 5.41) is 9.77. The number of aromatic nitrogens is 1. The van der Waals surface area contributed by atoms with Crippen LogP contribution >= 0.6 is 11.3 Å². The first-order chi connectivity index (χ1) is 8.61. The van der Waals surface area contributed by atoms with Crippen LogP contribution in [0.25, 0.3) is 15.8 Å². The molecule has 1 aromatic heterocycles. The summed E-state index contributed by atoms with van der Waals surface area (Å²) < 4.78 is 24.6. The van der Waals surface area contributed by atoms with Crippen LogP contribution in [0.2, 0.25) is 0 Å². The lowest BCUT2D eigenvalue weighted by Crippen LogP contribution is -1.94. The van der Waals surface area contributed by atoms with Crippen LogP contribution in [0.5, 0.6) is 5.75 Å². The van der Waals surface area contributed by atoms with Crippen LogP contribution in [-0.2, 0) is 0 Å². The molecular formula is C11H9F2N3OS. The molecule has 0 radical (unpaired) electrons. The molecule has 0 aliphatic rings. The molecule has 0 saturated heterocycles. The van der Waals surface area contributed by atoms with Gasteiger partial charge in [0.15, 0.2) is 0 Å². The third-order valence-electron chi connectivity index (χ3n) is 2.25. The topological polar surface area (TPSA) is 71.5 Å². The molecule has 3 N–H and O–H groups in total. The number of phenols is 1. The van der Waals surface area contributed by atoms with Crippen LogP contribution in [0.1, 0.15) is 5.56 Å². The fraction of sp³-hybridized carbons (Fsp3) is 0.0909. The van der Waals surface area contributed by atoms with E-state index in [2.05, 4.69) is 9.98 Å². The largest absolute Gasteiger partial charge is 0.506 e. The van der Waals surface area contributed by atoms with Gasteiger partial charge in [-0.05, 0) is 17.7 Å². The fourth-order valence-corrected chi connectivity index (χ4v) is 2.15. The summed E-state index contributed by atoms with van der Waals surface area (Å²) >= 11 is 1.29. The van der Waals surface area contributed by atoms with Crippen LogP contribution in [-0.4, -0.2) is 22.9 Å². The first kappa shape index (κ1) is 12.4. The van der Waals surface area contributed by atoms with Gasteiger partial charge >= 0.3 is 6.55 Å². The number of phenolic OH excluding ortho intramolecular Hbond substituents is 1. The van der Waals surface area contributed by atoms with E-state index in [1.54, 1.807) is 11.6 Å². The van der Waals surface area contributed by atoms with Crippen LogP contribution in [0.15, 0.2) is 28.8 Å². The van der Waals surface area contributed by atoms with E-state index >= 15 is 0 Å². The Balaban J connectivity index is 2.46. The van der Waals surface area contributed by atoms with Crippen molar-refractivity contribution in [1.82, 2.24) is 4.98 Å². The van der Waals surface area contributed by atoms with E-state index in [0.29, 0.717) is 21.4 Å². The Morgan fingerprint density at radius 1 is 1.50 bits per heavy atom. The molecule has 18 heavy (non-hydrogen) atoms. The van der Waals surface area contributed by atoms with Crippen LogP contribution in [0, 0.1) is 0 Å². The minimum absolute atomic E-state index is 0.0368. The molecule has 1 heterocycles. The summed E-state index contributed by atoms with van der Waals surface area (Å²) in [5.74, 6) is 0.0368. The van der Waals surface area contributed by atoms with Gasteiger partial charge < -0.3 is 10.8 Å². The van der Waals surface area contributed by atoms with Crippen molar-refractivity contribution >= 4 is 33.3 Å². The second-order valence-corrected chi connectivity index (χ2v) is 4.23. The van der Waals surface area contributed by atoms with Gasteiger partial charge in [0.1, 0.15) is 5.75 Å². The molecule has 0 fully saturated rings. The average Bonchev–Trinajstić information content (AvgIpc) is 2.78. The molecule has 0 unspecified atom stereocenters. The number of allylic oxidation sites excluding steroid dienone is 1. The summed E-state index contributed by atoms with van der Waals surface area (Å²) in [5.41, 5.74) is 8.31. The van der Waals surface area contributed by atoms with E-state index in [1.807, 2.05) is 0 Å². The molecule has 0 atom stereocenters. The lowest BCUT2D eigenvalue weighted by atomic mass is 10.1. The van der Waals surface area contributed by atoms with Crippen molar-refractivity contribution in [2.75, 3.05) is 0 Å². The third kappa shape index (κ3) is 2.45. The Labute approximate surface area is 105 Å². The SMILES string of the molecule is N/C=C(\C=N\C(F)F)c1cc(O)c2scnc2c1. The van der Waals surface area contributed by atoms with Gasteiger partial charge in [-0.25, -0.2) is 9.98 Å². The highest BCUT2D eigenvalue weighted by Crippen LogP contribution is 2.31. The van der Waals surface area contributed by atoms with Gasteiger partial charge in [-0.1, -0.05) is 0 Å². The second kappa shape index (κ2) is 5.09. The van der Waals surface area contributed by atoms with Crippen molar-refractivity contribution in [3.8, 4) is 5.75 Å². The third-order valence-corrected chi connectivity index (χ3v) is 3.12. The van der Waals surface area contributed by atoms with Crippen LogP contribution in [0.3, 0.4) is 0 Å². The van der Waals surface area contributed by atoms with Gasteiger partial charge in [-0.15, -0.1) is 11.3 Å². The molecule has 0 aliphatic heterocycles. The molecule has 0 saturated carbocycles. The molecule has 0 spiro atoms. The number of hydrogen-bond acceptors (Lipinski definition) is 5. The minimum Gasteiger partial charge on any atom is -0.506 e. The van der Waals surface area contributed by atoms with Gasteiger partial charge in [-0.3, -0.25) is 0 Å². The summed E-state index contributed by atoms with van der Waals surface area (Å²) in [6, 6.07) is 3.10. The lowest BCUT2D eigenvalue weighted by molar-refractivity contribution is 0.161. The van der Waals surface area contributed by atoms with Crippen molar-refractivity contribution in [2.45, 2.75) is 6.55 Å². The zero-order chi connectivity index (χ0) is 13.1.